The standard InChI is InChI=1S/C22H30FO8P.2Na/c1-12-8-16-15-5-4-13-9-14(24)6-7-19(13,2)21(15,23)17(25)10-20(16,3)22(12,27)18(26)11-31-32(28,29)30;;/h6-7,9,12,15-17,25,27H,4-5,8,10-11H2,1-3H3,(H2,28,29,30);;/q;2*+1/t12-,15+,16+,17+,19+,20+,21+,22+;;/m1../s1. The molecule has 34 heavy (non-hydrogen) atoms. The zero-order chi connectivity index (χ0) is 23.9. The number of alkyl halides is 1. The number of carbonyl (C=O) groups is 2. The van der Waals surface area contributed by atoms with Crippen molar-refractivity contribution in [3.05, 3.63) is 23.8 Å². The van der Waals surface area contributed by atoms with Crippen molar-refractivity contribution in [1.82, 2.24) is 0 Å². The number of Topliss-reactive ketones (excluding diaryl/α,β-unsaturated/α-hetero) is 1. The van der Waals surface area contributed by atoms with Gasteiger partial charge in [-0.2, -0.15) is 0 Å². The maximum Gasteiger partial charge on any atom is 1.00 e. The molecule has 0 amide bonds. The molecule has 0 aliphatic heterocycles. The van der Waals surface area contributed by atoms with Crippen LogP contribution in [0.25, 0.3) is 0 Å². The molecule has 3 fully saturated rings. The van der Waals surface area contributed by atoms with E-state index in [4.69, 9.17) is 9.79 Å². The van der Waals surface area contributed by atoms with Crippen LogP contribution in [0.4, 0.5) is 4.39 Å². The molecule has 0 aromatic rings. The van der Waals surface area contributed by atoms with E-state index in [9.17, 15) is 24.4 Å². The molecule has 0 aromatic heterocycles. The number of aliphatic hydroxyl groups excluding tert-OH is 1. The second-order valence-corrected chi connectivity index (χ2v) is 11.6. The van der Waals surface area contributed by atoms with Crippen molar-refractivity contribution < 1.29 is 102 Å². The molecule has 0 unspecified atom stereocenters. The summed E-state index contributed by atoms with van der Waals surface area (Å²) in [6.07, 6.45) is 3.70. The van der Waals surface area contributed by atoms with Gasteiger partial charge in [-0.15, -0.1) is 0 Å². The zero-order valence-corrected chi connectivity index (χ0v) is 25.2. The van der Waals surface area contributed by atoms with E-state index >= 15 is 4.39 Å². The number of hydrogen-bond donors (Lipinski definition) is 4. The van der Waals surface area contributed by atoms with Crippen LogP contribution in [0.2, 0.25) is 0 Å². The van der Waals surface area contributed by atoms with Crippen LogP contribution in [-0.4, -0.2) is 55.5 Å². The van der Waals surface area contributed by atoms with Crippen LogP contribution >= 0.6 is 7.82 Å². The number of aliphatic hydroxyl groups is 2. The number of fused-ring (bicyclic) bond motifs is 5. The number of rotatable bonds is 4. The van der Waals surface area contributed by atoms with Gasteiger partial charge in [0.2, 0.25) is 0 Å². The zero-order valence-electron chi connectivity index (χ0n) is 20.3. The maximum absolute atomic E-state index is 17.0. The van der Waals surface area contributed by atoms with E-state index in [-0.39, 0.29) is 71.3 Å². The van der Waals surface area contributed by atoms with E-state index in [1.165, 1.54) is 18.2 Å². The minimum atomic E-state index is -4.93. The fourth-order valence-corrected chi connectivity index (χ4v) is 7.68. The van der Waals surface area contributed by atoms with E-state index in [1.807, 2.05) is 0 Å². The number of phosphoric ester groups is 1. The Morgan fingerprint density at radius 3 is 2.47 bits per heavy atom. The monoisotopic (exact) mass is 518 g/mol. The number of allylic oxidation sites excluding steroid dienone is 4. The second kappa shape index (κ2) is 9.83. The van der Waals surface area contributed by atoms with Gasteiger partial charge in [-0.05, 0) is 56.6 Å². The molecule has 12 heteroatoms. The smallest absolute Gasteiger partial charge is 0.390 e. The number of phosphoric acid groups is 1. The van der Waals surface area contributed by atoms with Gasteiger partial charge >= 0.3 is 66.9 Å². The molecular weight excluding hydrogens is 488 g/mol. The third-order valence-corrected chi connectivity index (χ3v) is 9.48. The first-order chi connectivity index (χ1) is 14.6. The fourth-order valence-electron chi connectivity index (χ4n) is 7.39. The maximum atomic E-state index is 17.0. The van der Waals surface area contributed by atoms with Crippen LogP contribution in [0.15, 0.2) is 23.8 Å². The number of ketones is 2. The van der Waals surface area contributed by atoms with Gasteiger partial charge in [0.05, 0.1) is 6.10 Å². The Hall–Kier alpha value is 0.780. The number of hydrogen-bond acceptors (Lipinski definition) is 6. The minimum absolute atomic E-state index is 0. The largest absolute Gasteiger partial charge is 1.00 e. The molecule has 0 radical (unpaired) electrons. The van der Waals surface area contributed by atoms with Crippen LogP contribution in [0.5, 0.6) is 0 Å². The SMILES string of the molecule is C[C@@H]1C[C@H]2[C@@H]3CCC4=CC(=O)C=C[C@]4(C)[C@@]3(F)[C@@H](O)C[C@]2(C)[C@@]1(O)C(=O)COP(=O)(O)O.[Na+].[Na+]. The van der Waals surface area contributed by atoms with Gasteiger partial charge in [0.15, 0.2) is 17.2 Å². The Kier molecular flexibility index (Phi) is 8.96. The van der Waals surface area contributed by atoms with Crippen molar-refractivity contribution in [3.63, 3.8) is 0 Å². The van der Waals surface area contributed by atoms with Crippen molar-refractivity contribution in [1.29, 1.82) is 0 Å². The van der Waals surface area contributed by atoms with Crippen LogP contribution < -0.4 is 59.1 Å². The van der Waals surface area contributed by atoms with E-state index in [2.05, 4.69) is 4.52 Å². The summed E-state index contributed by atoms with van der Waals surface area (Å²) >= 11 is 0. The van der Waals surface area contributed by atoms with E-state index in [1.54, 1.807) is 20.8 Å². The Morgan fingerprint density at radius 2 is 1.88 bits per heavy atom. The van der Waals surface area contributed by atoms with Crippen molar-refractivity contribution in [2.24, 2.45) is 28.6 Å². The van der Waals surface area contributed by atoms with Crippen LogP contribution in [0, 0.1) is 28.6 Å². The Morgan fingerprint density at radius 1 is 1.26 bits per heavy atom. The van der Waals surface area contributed by atoms with Gasteiger partial charge in [0, 0.05) is 16.7 Å². The van der Waals surface area contributed by atoms with E-state index in [0.29, 0.717) is 24.8 Å². The average molecular weight is 518 g/mol. The summed E-state index contributed by atoms with van der Waals surface area (Å²) in [7, 11) is -4.93. The predicted molar refractivity (Wildman–Crippen MR) is 111 cm³/mol. The summed E-state index contributed by atoms with van der Waals surface area (Å²) in [5.41, 5.74) is -5.88. The molecule has 4 N–H and O–H groups in total. The summed E-state index contributed by atoms with van der Waals surface area (Å²) in [5, 5.41) is 22.8. The van der Waals surface area contributed by atoms with E-state index in [0.717, 1.165) is 0 Å². The van der Waals surface area contributed by atoms with Gasteiger partial charge in [0.1, 0.15) is 12.2 Å². The second-order valence-electron chi connectivity index (χ2n) is 10.4. The molecule has 3 saturated carbocycles. The first-order valence-electron chi connectivity index (χ1n) is 10.9. The molecule has 0 bridgehead atoms. The molecular formula is C22H30FNa2O8P+2. The molecule has 0 aromatic carbocycles. The van der Waals surface area contributed by atoms with Gasteiger partial charge in [0.25, 0.3) is 0 Å². The number of halogens is 1. The Labute approximate surface area is 242 Å². The summed E-state index contributed by atoms with van der Waals surface area (Å²) < 4.78 is 32.5. The van der Waals surface area contributed by atoms with E-state index < -0.39 is 66.2 Å². The van der Waals surface area contributed by atoms with Crippen LogP contribution in [-0.2, 0) is 18.7 Å². The molecule has 4 rings (SSSR count). The summed E-state index contributed by atoms with van der Waals surface area (Å²) in [5.74, 6) is -2.87. The molecule has 8 nitrogen and oxygen atoms in total. The normalized spacial score (nSPS) is 45.2. The van der Waals surface area contributed by atoms with Gasteiger partial charge in [-0.1, -0.05) is 25.5 Å². The number of carbonyl (C=O) groups excluding carboxylic acids is 2. The molecule has 4 aliphatic carbocycles. The first kappa shape index (κ1) is 31.0. The molecule has 4 aliphatic rings. The minimum Gasteiger partial charge on any atom is -0.390 e. The quantitative estimate of drug-likeness (QED) is 0.218. The Bertz CT molecular complexity index is 984. The average Bonchev–Trinajstić information content (AvgIpc) is 2.89. The summed E-state index contributed by atoms with van der Waals surface area (Å²) in [6.45, 7) is 4.00. The third kappa shape index (κ3) is 4.20. The topological polar surface area (TPSA) is 141 Å². The van der Waals surface area contributed by atoms with Gasteiger partial charge < -0.3 is 20.0 Å². The predicted octanol–water partition coefficient (Wildman–Crippen LogP) is -3.98. The fraction of sp³-hybridized carbons (Fsp3) is 0.727. The van der Waals surface area contributed by atoms with Gasteiger partial charge in [-0.3, -0.25) is 14.1 Å². The summed E-state index contributed by atoms with van der Waals surface area (Å²) in [6, 6.07) is 0. The first-order valence-corrected chi connectivity index (χ1v) is 12.4. The molecule has 0 saturated heterocycles. The van der Waals surface area contributed by atoms with Crippen molar-refractivity contribution >= 4 is 19.4 Å². The van der Waals surface area contributed by atoms with Gasteiger partial charge in [-0.25, -0.2) is 8.96 Å². The third-order valence-electron chi connectivity index (χ3n) is 9.01. The summed E-state index contributed by atoms with van der Waals surface area (Å²) in [4.78, 5) is 42.8. The Balaban J connectivity index is 0.00000204. The molecule has 0 heterocycles. The van der Waals surface area contributed by atoms with Crippen molar-refractivity contribution in [3.8, 4) is 0 Å². The van der Waals surface area contributed by atoms with Crippen LogP contribution in [0.3, 0.4) is 0 Å². The molecule has 8 atom stereocenters. The van der Waals surface area contributed by atoms with Crippen molar-refractivity contribution in [2.75, 3.05) is 6.61 Å². The molecule has 0 spiro atoms. The molecule has 178 valence electrons. The van der Waals surface area contributed by atoms with Crippen molar-refractivity contribution in [2.45, 2.75) is 63.8 Å². The van der Waals surface area contributed by atoms with Crippen LogP contribution in [0.1, 0.15) is 46.5 Å².